The summed E-state index contributed by atoms with van der Waals surface area (Å²) in [5, 5.41) is 8.76. The number of carbonyl (C=O) groups excluding carboxylic acids is 1. The number of carboxylic acid groups (broad SMARTS) is 1. The number of unbranched alkanes of at least 4 members (excludes halogenated alkanes) is 5. The van der Waals surface area contributed by atoms with Gasteiger partial charge in [0.2, 0.25) is 0 Å². The Labute approximate surface area is 118 Å². The topological polar surface area (TPSA) is 54.4 Å². The number of Topliss-reactive ketones (excluding diaryl/α,β-unsaturated/α-hetero) is 1. The van der Waals surface area contributed by atoms with Crippen LogP contribution in [0.4, 0.5) is 0 Å². The predicted molar refractivity (Wildman–Crippen MR) is 65.6 cm³/mol. The molecule has 4 radical (unpaired) electrons. The average Bonchev–Trinajstić information content (AvgIpc) is 2.15. The van der Waals surface area contributed by atoms with E-state index in [1.807, 2.05) is 0 Å². The van der Waals surface area contributed by atoms with E-state index in [4.69, 9.17) is 5.11 Å². The molecule has 0 saturated carbocycles. The minimum absolute atomic E-state index is 0. The van der Waals surface area contributed by atoms with Gasteiger partial charge >= 0.3 is 5.97 Å². The van der Waals surface area contributed by atoms with E-state index in [0.29, 0.717) is 6.42 Å². The second kappa shape index (κ2) is 11.5. The molecule has 0 aromatic heterocycles. The largest absolute Gasteiger partial charge is 0.481 e. The fraction of sp³-hybridized carbons (Fsp3) is 0.833. The van der Waals surface area contributed by atoms with Gasteiger partial charge in [0.05, 0.1) is 0 Å². The summed E-state index contributed by atoms with van der Waals surface area (Å²) in [7, 11) is 0. The summed E-state index contributed by atoms with van der Waals surface area (Å²) < 4.78 is 0. The van der Waals surface area contributed by atoms with Crippen molar-refractivity contribution in [2.24, 2.45) is 5.92 Å². The van der Waals surface area contributed by atoms with E-state index in [9.17, 15) is 9.59 Å². The van der Waals surface area contributed by atoms with Gasteiger partial charge in [0.1, 0.15) is 11.7 Å². The fourth-order valence-corrected chi connectivity index (χ4v) is 1.63. The van der Waals surface area contributed by atoms with Crippen LogP contribution in [0.2, 0.25) is 0 Å². The van der Waals surface area contributed by atoms with Crippen LogP contribution in [0.3, 0.4) is 0 Å². The molecule has 1 atom stereocenters. The molecule has 1 N–H and O–H groups in total. The van der Waals surface area contributed by atoms with E-state index < -0.39 is 11.9 Å². The molecule has 0 rings (SSSR count). The van der Waals surface area contributed by atoms with Gasteiger partial charge in [-0.05, 0) is 13.3 Å². The van der Waals surface area contributed by atoms with Crippen LogP contribution in [0.5, 0.6) is 0 Å². The summed E-state index contributed by atoms with van der Waals surface area (Å²) in [4.78, 5) is 21.7. The molecule has 0 aliphatic heterocycles. The number of aliphatic carboxylic acids is 1. The van der Waals surface area contributed by atoms with Crippen LogP contribution in [0, 0.1) is 5.92 Å². The summed E-state index contributed by atoms with van der Waals surface area (Å²) in [5.41, 5.74) is 0. The van der Waals surface area contributed by atoms with Crippen LogP contribution in [-0.4, -0.2) is 44.2 Å². The molecule has 0 heterocycles. The maximum absolute atomic E-state index is 11.0. The number of rotatable bonds is 9. The van der Waals surface area contributed by atoms with Gasteiger partial charge in [-0.3, -0.25) is 9.59 Å². The first-order valence-corrected chi connectivity index (χ1v) is 5.82. The van der Waals surface area contributed by atoms with E-state index in [1.165, 1.54) is 26.2 Å². The Balaban J connectivity index is 0. The minimum Gasteiger partial charge on any atom is -0.481 e. The van der Waals surface area contributed by atoms with Crippen molar-refractivity contribution >= 4 is 39.1 Å². The van der Waals surface area contributed by atoms with E-state index in [2.05, 4.69) is 6.92 Å². The standard InChI is InChI=1S/C12H22O3.Pb/c1-3-4-5-6-7-8-9-11(10(2)13)12(14)15;/h11H,3-9H2,1-2H3,(H,14,15);. The van der Waals surface area contributed by atoms with Crippen molar-refractivity contribution in [3.63, 3.8) is 0 Å². The molecule has 0 aromatic carbocycles. The van der Waals surface area contributed by atoms with Gasteiger partial charge in [-0.2, -0.15) is 0 Å². The molecular formula is C12H22O3Pb. The van der Waals surface area contributed by atoms with Crippen molar-refractivity contribution in [3.05, 3.63) is 0 Å². The monoisotopic (exact) mass is 422 g/mol. The van der Waals surface area contributed by atoms with E-state index in [1.54, 1.807) is 0 Å². The average molecular weight is 422 g/mol. The Kier molecular flexibility index (Phi) is 13.3. The van der Waals surface area contributed by atoms with Gasteiger partial charge in [-0.15, -0.1) is 0 Å². The molecule has 4 heteroatoms. The third-order valence-electron chi connectivity index (χ3n) is 2.64. The molecule has 92 valence electrons. The Hall–Kier alpha value is 0.0621. The van der Waals surface area contributed by atoms with Gasteiger partial charge in [0.25, 0.3) is 0 Å². The molecule has 3 nitrogen and oxygen atoms in total. The fourth-order valence-electron chi connectivity index (χ4n) is 1.63. The maximum atomic E-state index is 11.0. The smallest absolute Gasteiger partial charge is 0.314 e. The molecule has 0 aliphatic rings. The summed E-state index contributed by atoms with van der Waals surface area (Å²) >= 11 is 0. The van der Waals surface area contributed by atoms with Crippen molar-refractivity contribution in [1.82, 2.24) is 0 Å². The van der Waals surface area contributed by atoms with Crippen LogP contribution < -0.4 is 0 Å². The Morgan fingerprint density at radius 3 is 2.00 bits per heavy atom. The summed E-state index contributed by atoms with van der Waals surface area (Å²) in [5.74, 6) is -1.98. The number of carboxylic acids is 1. The van der Waals surface area contributed by atoms with Crippen LogP contribution in [0.25, 0.3) is 0 Å². The van der Waals surface area contributed by atoms with Crippen LogP contribution in [-0.2, 0) is 9.59 Å². The summed E-state index contributed by atoms with van der Waals surface area (Å²) in [6, 6.07) is 0. The van der Waals surface area contributed by atoms with Crippen molar-refractivity contribution in [2.45, 2.75) is 58.8 Å². The van der Waals surface area contributed by atoms with Crippen molar-refractivity contribution < 1.29 is 14.7 Å². The first-order valence-electron chi connectivity index (χ1n) is 5.82. The zero-order chi connectivity index (χ0) is 11.7. The van der Waals surface area contributed by atoms with Gasteiger partial charge in [-0.1, -0.05) is 45.4 Å². The quantitative estimate of drug-likeness (QED) is 0.354. The van der Waals surface area contributed by atoms with Crippen LogP contribution in [0.15, 0.2) is 0 Å². The van der Waals surface area contributed by atoms with Gasteiger partial charge in [0, 0.05) is 27.3 Å². The minimum atomic E-state index is -0.976. The second-order valence-electron chi connectivity index (χ2n) is 4.06. The van der Waals surface area contributed by atoms with Crippen molar-refractivity contribution in [2.75, 3.05) is 0 Å². The first kappa shape index (κ1) is 18.4. The van der Waals surface area contributed by atoms with Crippen molar-refractivity contribution in [3.8, 4) is 0 Å². The van der Waals surface area contributed by atoms with Crippen LogP contribution in [0.1, 0.15) is 58.8 Å². The summed E-state index contributed by atoms with van der Waals surface area (Å²) in [6.07, 6.45) is 7.21. The van der Waals surface area contributed by atoms with E-state index in [-0.39, 0.29) is 33.1 Å². The number of carbonyl (C=O) groups is 2. The predicted octanol–water partition coefficient (Wildman–Crippen LogP) is 2.65. The zero-order valence-corrected chi connectivity index (χ0v) is 14.2. The van der Waals surface area contributed by atoms with Gasteiger partial charge < -0.3 is 5.11 Å². The Bertz CT molecular complexity index is 190. The second-order valence-corrected chi connectivity index (χ2v) is 4.06. The Morgan fingerprint density at radius 2 is 1.56 bits per heavy atom. The molecule has 0 amide bonds. The number of ketones is 1. The number of hydrogen-bond donors (Lipinski definition) is 1. The number of hydrogen-bond acceptors (Lipinski definition) is 2. The molecule has 16 heavy (non-hydrogen) atoms. The van der Waals surface area contributed by atoms with Crippen molar-refractivity contribution in [1.29, 1.82) is 0 Å². The molecule has 0 saturated heterocycles. The zero-order valence-electron chi connectivity index (χ0n) is 10.3. The third kappa shape index (κ3) is 9.30. The maximum Gasteiger partial charge on any atom is 0.314 e. The molecule has 0 bridgehead atoms. The molecule has 0 aromatic rings. The molecular weight excluding hydrogens is 399 g/mol. The third-order valence-corrected chi connectivity index (χ3v) is 2.64. The Morgan fingerprint density at radius 1 is 1.06 bits per heavy atom. The van der Waals surface area contributed by atoms with Gasteiger partial charge in [-0.25, -0.2) is 0 Å². The van der Waals surface area contributed by atoms with E-state index in [0.717, 1.165) is 19.3 Å². The normalized spacial score (nSPS) is 11.6. The molecule has 1 unspecified atom stereocenters. The SMILES string of the molecule is CCCCCCCCC(C(C)=O)C(=O)O.[Pb]. The first-order chi connectivity index (χ1) is 7.09. The molecule has 0 spiro atoms. The van der Waals surface area contributed by atoms with E-state index >= 15 is 0 Å². The summed E-state index contributed by atoms with van der Waals surface area (Å²) in [6.45, 7) is 3.52. The van der Waals surface area contributed by atoms with Crippen LogP contribution >= 0.6 is 0 Å². The molecule has 0 fully saturated rings. The van der Waals surface area contributed by atoms with Gasteiger partial charge in [0.15, 0.2) is 0 Å². The molecule has 0 aliphatic carbocycles.